The van der Waals surface area contributed by atoms with Crippen LogP contribution in [0.4, 0.5) is 5.69 Å². The van der Waals surface area contributed by atoms with Crippen molar-refractivity contribution in [2.24, 2.45) is 0 Å². The third kappa shape index (κ3) is 4.00. The van der Waals surface area contributed by atoms with E-state index in [9.17, 15) is 9.59 Å². The SMILES string of the molecule is CNC1CCCN(C(=O)CN2C(=O)CSc3ccccc32)C1.Cl. The fourth-order valence-electron chi connectivity index (χ4n) is 3.00. The topological polar surface area (TPSA) is 52.7 Å². The third-order valence-corrected chi connectivity index (χ3v) is 5.33. The van der Waals surface area contributed by atoms with Gasteiger partial charge in [-0.05, 0) is 32.0 Å². The van der Waals surface area contributed by atoms with Gasteiger partial charge >= 0.3 is 0 Å². The van der Waals surface area contributed by atoms with Crippen molar-refractivity contribution in [3.8, 4) is 0 Å². The van der Waals surface area contributed by atoms with Crippen molar-refractivity contribution >= 4 is 41.7 Å². The van der Waals surface area contributed by atoms with E-state index in [-0.39, 0.29) is 30.8 Å². The summed E-state index contributed by atoms with van der Waals surface area (Å²) >= 11 is 1.54. The lowest BCUT2D eigenvalue weighted by Gasteiger charge is -2.35. The molecule has 0 spiro atoms. The first-order valence-electron chi connectivity index (χ1n) is 7.66. The number of nitrogens with one attached hydrogen (secondary N) is 1. The van der Waals surface area contributed by atoms with E-state index in [4.69, 9.17) is 0 Å². The summed E-state index contributed by atoms with van der Waals surface area (Å²) in [5, 5.41) is 3.24. The average molecular weight is 356 g/mol. The number of carbonyl (C=O) groups is 2. The molecule has 1 N–H and O–H groups in total. The van der Waals surface area contributed by atoms with Gasteiger partial charge in [0.2, 0.25) is 11.8 Å². The number of carbonyl (C=O) groups excluding carboxylic acids is 2. The maximum atomic E-state index is 12.6. The zero-order chi connectivity index (χ0) is 15.5. The lowest BCUT2D eigenvalue weighted by atomic mass is 10.1. The van der Waals surface area contributed by atoms with Crippen LogP contribution in [0.1, 0.15) is 12.8 Å². The zero-order valence-electron chi connectivity index (χ0n) is 13.2. The fraction of sp³-hybridized carbons (Fsp3) is 0.500. The highest BCUT2D eigenvalue weighted by molar-refractivity contribution is 8.00. The van der Waals surface area contributed by atoms with Gasteiger partial charge in [-0.1, -0.05) is 12.1 Å². The summed E-state index contributed by atoms with van der Waals surface area (Å²) < 4.78 is 0. The molecule has 2 heterocycles. The first-order chi connectivity index (χ1) is 10.7. The van der Waals surface area contributed by atoms with E-state index in [1.54, 1.807) is 16.7 Å². The molecule has 0 saturated carbocycles. The Bertz CT molecular complexity index is 584. The van der Waals surface area contributed by atoms with Gasteiger partial charge < -0.3 is 15.1 Å². The van der Waals surface area contributed by atoms with Crippen LogP contribution in [-0.2, 0) is 9.59 Å². The van der Waals surface area contributed by atoms with Crippen LogP contribution in [-0.4, -0.2) is 55.2 Å². The lowest BCUT2D eigenvalue weighted by Crippen LogP contribution is -2.51. The summed E-state index contributed by atoms with van der Waals surface area (Å²) in [6, 6.07) is 8.15. The molecule has 126 valence electrons. The van der Waals surface area contributed by atoms with Gasteiger partial charge in [0.1, 0.15) is 6.54 Å². The predicted molar refractivity (Wildman–Crippen MR) is 95.4 cm³/mol. The van der Waals surface area contributed by atoms with Crippen LogP contribution in [0.2, 0.25) is 0 Å². The molecule has 1 atom stereocenters. The highest BCUT2D eigenvalue weighted by Gasteiger charge is 2.29. The molecule has 5 nitrogen and oxygen atoms in total. The van der Waals surface area contributed by atoms with Gasteiger partial charge in [0.15, 0.2) is 0 Å². The van der Waals surface area contributed by atoms with Crippen molar-refractivity contribution in [2.45, 2.75) is 23.8 Å². The predicted octanol–water partition coefficient (Wildman–Crippen LogP) is 1.76. The summed E-state index contributed by atoms with van der Waals surface area (Å²) in [5.41, 5.74) is 0.860. The largest absolute Gasteiger partial charge is 0.340 e. The Morgan fingerprint density at radius 2 is 2.17 bits per heavy atom. The summed E-state index contributed by atoms with van der Waals surface area (Å²) in [6.07, 6.45) is 2.11. The van der Waals surface area contributed by atoms with Crippen molar-refractivity contribution in [2.75, 3.05) is 37.3 Å². The number of halogens is 1. The Kier molecular flexibility index (Phi) is 6.33. The first kappa shape index (κ1) is 18.1. The number of rotatable bonds is 3. The summed E-state index contributed by atoms with van der Waals surface area (Å²) in [7, 11) is 1.93. The Labute approximate surface area is 147 Å². The number of hydrogen-bond acceptors (Lipinski definition) is 4. The van der Waals surface area contributed by atoms with Crippen molar-refractivity contribution in [1.29, 1.82) is 0 Å². The van der Waals surface area contributed by atoms with E-state index in [0.29, 0.717) is 11.8 Å². The molecular formula is C16H22ClN3O2S. The monoisotopic (exact) mass is 355 g/mol. The number of fused-ring (bicyclic) bond motifs is 1. The smallest absolute Gasteiger partial charge is 0.242 e. The number of amides is 2. The Hall–Kier alpha value is -1.24. The highest BCUT2D eigenvalue weighted by atomic mass is 35.5. The van der Waals surface area contributed by atoms with Crippen LogP contribution >= 0.6 is 24.2 Å². The van der Waals surface area contributed by atoms with E-state index < -0.39 is 0 Å². The number of nitrogens with zero attached hydrogens (tertiary/aromatic N) is 2. The lowest BCUT2D eigenvalue weighted by molar-refractivity contribution is -0.132. The number of benzene rings is 1. The maximum Gasteiger partial charge on any atom is 0.242 e. The molecule has 0 bridgehead atoms. The van der Waals surface area contributed by atoms with Gasteiger partial charge in [0.25, 0.3) is 0 Å². The molecule has 1 fully saturated rings. The van der Waals surface area contributed by atoms with E-state index in [1.807, 2.05) is 36.2 Å². The number of piperidine rings is 1. The minimum atomic E-state index is 0. The Balaban J connectivity index is 0.00000192. The zero-order valence-corrected chi connectivity index (χ0v) is 14.8. The molecule has 2 aliphatic heterocycles. The molecule has 1 aromatic rings. The summed E-state index contributed by atoms with van der Waals surface area (Å²) in [4.78, 5) is 29.4. The third-order valence-electron chi connectivity index (χ3n) is 4.28. The highest BCUT2D eigenvalue weighted by Crippen LogP contribution is 2.34. The summed E-state index contributed by atoms with van der Waals surface area (Å²) in [5.74, 6) is 0.456. The number of anilines is 1. The molecule has 1 aromatic carbocycles. The molecular weight excluding hydrogens is 334 g/mol. The van der Waals surface area contributed by atoms with Crippen LogP contribution in [0.15, 0.2) is 29.2 Å². The molecule has 0 aromatic heterocycles. The molecule has 23 heavy (non-hydrogen) atoms. The fourth-order valence-corrected chi connectivity index (χ4v) is 3.94. The Morgan fingerprint density at radius 3 is 2.96 bits per heavy atom. The van der Waals surface area contributed by atoms with Gasteiger partial charge in [-0.3, -0.25) is 9.59 Å². The van der Waals surface area contributed by atoms with Crippen molar-refractivity contribution < 1.29 is 9.59 Å². The van der Waals surface area contributed by atoms with Crippen LogP contribution < -0.4 is 10.2 Å². The number of para-hydroxylation sites is 1. The Morgan fingerprint density at radius 1 is 1.39 bits per heavy atom. The van der Waals surface area contributed by atoms with Gasteiger partial charge in [-0.25, -0.2) is 0 Å². The molecule has 1 saturated heterocycles. The van der Waals surface area contributed by atoms with Crippen LogP contribution in [0.5, 0.6) is 0 Å². The molecule has 0 aliphatic carbocycles. The molecule has 2 amide bonds. The van der Waals surface area contributed by atoms with Crippen LogP contribution in [0.25, 0.3) is 0 Å². The number of thioether (sulfide) groups is 1. The van der Waals surface area contributed by atoms with Gasteiger partial charge in [-0.15, -0.1) is 24.2 Å². The second-order valence-electron chi connectivity index (χ2n) is 5.70. The number of likely N-dealkylation sites (tertiary alicyclic amines) is 1. The van der Waals surface area contributed by atoms with Gasteiger partial charge in [0.05, 0.1) is 11.4 Å². The van der Waals surface area contributed by atoms with Gasteiger partial charge in [-0.2, -0.15) is 0 Å². The minimum Gasteiger partial charge on any atom is -0.340 e. The molecule has 0 radical (unpaired) electrons. The van der Waals surface area contributed by atoms with Crippen LogP contribution in [0.3, 0.4) is 0 Å². The van der Waals surface area contributed by atoms with Crippen molar-refractivity contribution in [3.63, 3.8) is 0 Å². The van der Waals surface area contributed by atoms with Gasteiger partial charge in [0, 0.05) is 24.0 Å². The normalized spacial score (nSPS) is 20.7. The van der Waals surface area contributed by atoms with E-state index in [0.717, 1.165) is 36.5 Å². The minimum absolute atomic E-state index is 0. The second kappa shape index (κ2) is 8.04. The molecule has 7 heteroatoms. The maximum absolute atomic E-state index is 12.6. The standard InChI is InChI=1S/C16H21N3O2S.ClH/c1-17-12-5-4-8-18(9-12)15(20)10-19-13-6-2-3-7-14(13)22-11-16(19)21;/h2-3,6-7,12,17H,4-5,8-11H2,1H3;1H. The van der Waals surface area contributed by atoms with E-state index in [1.165, 1.54) is 0 Å². The quantitative estimate of drug-likeness (QED) is 0.897. The molecule has 3 rings (SSSR count). The number of hydrogen-bond donors (Lipinski definition) is 1. The second-order valence-corrected chi connectivity index (χ2v) is 6.72. The number of likely N-dealkylation sites (N-methyl/N-ethyl adjacent to an activating group) is 1. The van der Waals surface area contributed by atoms with E-state index in [2.05, 4.69) is 5.32 Å². The summed E-state index contributed by atoms with van der Waals surface area (Å²) in [6.45, 7) is 1.66. The van der Waals surface area contributed by atoms with Crippen molar-refractivity contribution in [3.05, 3.63) is 24.3 Å². The molecule has 2 aliphatic rings. The van der Waals surface area contributed by atoms with E-state index >= 15 is 0 Å². The van der Waals surface area contributed by atoms with Crippen LogP contribution in [0, 0.1) is 0 Å². The van der Waals surface area contributed by atoms with Crippen molar-refractivity contribution in [1.82, 2.24) is 10.2 Å². The molecule has 1 unspecified atom stereocenters. The first-order valence-corrected chi connectivity index (χ1v) is 8.65. The average Bonchev–Trinajstić information content (AvgIpc) is 2.57.